The van der Waals surface area contributed by atoms with Crippen molar-refractivity contribution >= 4 is 24.4 Å². The van der Waals surface area contributed by atoms with Crippen molar-refractivity contribution in [2.75, 3.05) is 19.1 Å². The Kier molecular flexibility index (Phi) is 10.2. The third-order valence-corrected chi connectivity index (χ3v) is 2.99. The number of methoxy groups -OCH3 is 1. The SMILES string of the molecule is CCCC(/C=C/c1cc(N)ccc1OC)CC.CS. The van der Waals surface area contributed by atoms with E-state index in [1.165, 1.54) is 19.3 Å². The molecule has 1 unspecified atom stereocenters. The number of nitrogen functional groups attached to an aromatic ring is 1. The zero-order chi connectivity index (χ0) is 14.7. The van der Waals surface area contributed by atoms with E-state index in [2.05, 4.69) is 38.6 Å². The van der Waals surface area contributed by atoms with Gasteiger partial charge in [-0.05, 0) is 43.2 Å². The van der Waals surface area contributed by atoms with Gasteiger partial charge in [0.2, 0.25) is 0 Å². The third-order valence-electron chi connectivity index (χ3n) is 2.99. The molecule has 108 valence electrons. The van der Waals surface area contributed by atoms with E-state index in [0.717, 1.165) is 17.0 Å². The van der Waals surface area contributed by atoms with Gasteiger partial charge in [-0.2, -0.15) is 12.6 Å². The quantitative estimate of drug-likeness (QED) is 0.587. The van der Waals surface area contributed by atoms with Crippen LogP contribution in [-0.4, -0.2) is 13.4 Å². The molecule has 0 saturated heterocycles. The number of hydrogen-bond donors (Lipinski definition) is 2. The van der Waals surface area contributed by atoms with Gasteiger partial charge in [-0.1, -0.05) is 32.4 Å². The predicted molar refractivity (Wildman–Crippen MR) is 90.0 cm³/mol. The van der Waals surface area contributed by atoms with E-state index in [0.29, 0.717) is 5.92 Å². The third kappa shape index (κ3) is 6.58. The van der Waals surface area contributed by atoms with Crippen LogP contribution in [0.1, 0.15) is 38.7 Å². The summed E-state index contributed by atoms with van der Waals surface area (Å²) in [6.45, 7) is 4.44. The van der Waals surface area contributed by atoms with Crippen LogP contribution < -0.4 is 10.5 Å². The number of nitrogens with two attached hydrogens (primary N) is 1. The average molecular weight is 281 g/mol. The van der Waals surface area contributed by atoms with Crippen molar-refractivity contribution in [1.29, 1.82) is 0 Å². The van der Waals surface area contributed by atoms with Crippen molar-refractivity contribution in [3.63, 3.8) is 0 Å². The van der Waals surface area contributed by atoms with Gasteiger partial charge >= 0.3 is 0 Å². The number of allylic oxidation sites excluding steroid dienone is 1. The standard InChI is InChI=1S/C15H23NO.CH4S/c1-4-6-12(5-2)7-8-13-11-14(16)9-10-15(13)17-3;1-2/h7-12H,4-6,16H2,1-3H3;2H,1H3/b8-7+;. The van der Waals surface area contributed by atoms with Crippen LogP contribution in [0.15, 0.2) is 24.3 Å². The molecule has 0 heterocycles. The van der Waals surface area contributed by atoms with E-state index in [1.54, 1.807) is 13.4 Å². The van der Waals surface area contributed by atoms with Gasteiger partial charge in [0.15, 0.2) is 0 Å². The molecule has 0 aromatic heterocycles. The number of rotatable bonds is 6. The highest BCUT2D eigenvalue weighted by Gasteiger charge is 2.02. The molecule has 2 nitrogen and oxygen atoms in total. The first-order chi connectivity index (χ1) is 9.21. The molecule has 0 aliphatic carbocycles. The molecule has 0 bridgehead atoms. The Hall–Kier alpha value is -1.09. The monoisotopic (exact) mass is 281 g/mol. The highest BCUT2D eigenvalue weighted by atomic mass is 32.1. The van der Waals surface area contributed by atoms with E-state index in [1.807, 2.05) is 18.2 Å². The van der Waals surface area contributed by atoms with Gasteiger partial charge in [0.25, 0.3) is 0 Å². The molecule has 0 saturated carbocycles. The molecular weight excluding hydrogens is 254 g/mol. The maximum Gasteiger partial charge on any atom is 0.126 e. The fourth-order valence-corrected chi connectivity index (χ4v) is 1.93. The molecule has 3 heteroatoms. The topological polar surface area (TPSA) is 35.2 Å². The molecule has 0 aliphatic heterocycles. The maximum atomic E-state index is 5.79. The minimum atomic E-state index is 0.645. The molecule has 0 fully saturated rings. The van der Waals surface area contributed by atoms with E-state index < -0.39 is 0 Å². The van der Waals surface area contributed by atoms with Crippen LogP contribution in [-0.2, 0) is 0 Å². The number of thiol groups is 1. The van der Waals surface area contributed by atoms with Gasteiger partial charge in [0.1, 0.15) is 5.75 Å². The van der Waals surface area contributed by atoms with Gasteiger partial charge in [-0.25, -0.2) is 0 Å². The summed E-state index contributed by atoms with van der Waals surface area (Å²) < 4.78 is 5.32. The van der Waals surface area contributed by atoms with Crippen molar-refractivity contribution in [2.45, 2.75) is 33.1 Å². The minimum Gasteiger partial charge on any atom is -0.496 e. The van der Waals surface area contributed by atoms with Gasteiger partial charge in [0, 0.05) is 11.3 Å². The van der Waals surface area contributed by atoms with Crippen molar-refractivity contribution < 1.29 is 4.74 Å². The molecule has 19 heavy (non-hydrogen) atoms. The van der Waals surface area contributed by atoms with Crippen LogP contribution in [0, 0.1) is 5.92 Å². The molecule has 1 rings (SSSR count). The highest BCUT2D eigenvalue weighted by molar-refractivity contribution is 7.79. The summed E-state index contributed by atoms with van der Waals surface area (Å²) in [6.07, 6.45) is 9.71. The fourth-order valence-electron chi connectivity index (χ4n) is 1.93. The van der Waals surface area contributed by atoms with Crippen LogP contribution in [0.5, 0.6) is 5.75 Å². The Bertz CT molecular complexity index is 377. The smallest absolute Gasteiger partial charge is 0.126 e. The Morgan fingerprint density at radius 2 is 2.00 bits per heavy atom. The van der Waals surface area contributed by atoms with Crippen LogP contribution in [0.3, 0.4) is 0 Å². The normalized spacial score (nSPS) is 11.8. The summed E-state index contributed by atoms with van der Waals surface area (Å²) in [5.74, 6) is 1.52. The highest BCUT2D eigenvalue weighted by Crippen LogP contribution is 2.24. The van der Waals surface area contributed by atoms with E-state index in [-0.39, 0.29) is 0 Å². The van der Waals surface area contributed by atoms with Gasteiger partial charge < -0.3 is 10.5 Å². The summed E-state index contributed by atoms with van der Waals surface area (Å²) in [5.41, 5.74) is 7.62. The first kappa shape index (κ1) is 17.9. The first-order valence-electron chi connectivity index (χ1n) is 6.77. The molecule has 1 aromatic rings. The second kappa shape index (κ2) is 10.8. The lowest BCUT2D eigenvalue weighted by atomic mass is 9.99. The molecule has 0 radical (unpaired) electrons. The molecule has 0 aliphatic rings. The van der Waals surface area contributed by atoms with Crippen LogP contribution in [0.2, 0.25) is 0 Å². The lowest BCUT2D eigenvalue weighted by molar-refractivity contribution is 0.414. The predicted octanol–water partition coefficient (Wildman–Crippen LogP) is 4.66. The van der Waals surface area contributed by atoms with Crippen molar-refractivity contribution in [3.05, 3.63) is 29.8 Å². The van der Waals surface area contributed by atoms with Crippen molar-refractivity contribution in [1.82, 2.24) is 0 Å². The average Bonchev–Trinajstić information content (AvgIpc) is 2.45. The summed E-state index contributed by atoms with van der Waals surface area (Å²) in [7, 11) is 1.69. The largest absolute Gasteiger partial charge is 0.496 e. The van der Waals surface area contributed by atoms with Crippen LogP contribution >= 0.6 is 12.6 Å². The van der Waals surface area contributed by atoms with Crippen LogP contribution in [0.25, 0.3) is 6.08 Å². The summed E-state index contributed by atoms with van der Waals surface area (Å²) in [6, 6.07) is 5.73. The van der Waals surface area contributed by atoms with E-state index >= 15 is 0 Å². The number of ether oxygens (including phenoxy) is 1. The summed E-state index contributed by atoms with van der Waals surface area (Å²) in [5, 5.41) is 0. The molecule has 2 N–H and O–H groups in total. The Morgan fingerprint density at radius 1 is 1.32 bits per heavy atom. The first-order valence-corrected chi connectivity index (χ1v) is 7.67. The fraction of sp³-hybridized carbons (Fsp3) is 0.500. The second-order valence-electron chi connectivity index (χ2n) is 4.32. The Balaban J connectivity index is 0.00000154. The van der Waals surface area contributed by atoms with Gasteiger partial charge in [-0.3, -0.25) is 0 Å². The molecule has 1 aromatic carbocycles. The maximum absolute atomic E-state index is 5.79. The summed E-state index contributed by atoms with van der Waals surface area (Å²) in [4.78, 5) is 0. The number of anilines is 1. The van der Waals surface area contributed by atoms with E-state index in [4.69, 9.17) is 10.5 Å². The van der Waals surface area contributed by atoms with Crippen molar-refractivity contribution in [2.24, 2.45) is 5.92 Å². The molecule has 0 spiro atoms. The Morgan fingerprint density at radius 3 is 2.53 bits per heavy atom. The molecular formula is C16H27NOS. The number of hydrogen-bond acceptors (Lipinski definition) is 3. The summed E-state index contributed by atoms with van der Waals surface area (Å²) >= 11 is 3.53. The number of benzene rings is 1. The second-order valence-corrected chi connectivity index (χ2v) is 4.32. The lowest BCUT2D eigenvalue weighted by Crippen LogP contribution is -1.94. The molecule has 0 amide bonds. The zero-order valence-corrected chi connectivity index (χ0v) is 13.4. The van der Waals surface area contributed by atoms with E-state index in [9.17, 15) is 0 Å². The van der Waals surface area contributed by atoms with Gasteiger partial charge in [-0.15, -0.1) is 0 Å². The lowest BCUT2D eigenvalue weighted by Gasteiger charge is -2.09. The van der Waals surface area contributed by atoms with Crippen molar-refractivity contribution in [3.8, 4) is 5.75 Å². The van der Waals surface area contributed by atoms with Gasteiger partial charge in [0.05, 0.1) is 7.11 Å². The zero-order valence-electron chi connectivity index (χ0n) is 12.5. The molecule has 1 atom stereocenters. The van der Waals surface area contributed by atoms with Crippen LogP contribution in [0.4, 0.5) is 5.69 Å². The Labute approximate surface area is 123 Å². The minimum absolute atomic E-state index is 0.645.